The van der Waals surface area contributed by atoms with Gasteiger partial charge in [0.05, 0.1) is 10.6 Å². The Morgan fingerprint density at radius 1 is 1.47 bits per heavy atom. The highest BCUT2D eigenvalue weighted by molar-refractivity contribution is 7.13. The summed E-state index contributed by atoms with van der Waals surface area (Å²) in [5.41, 5.74) is 2.34. The maximum absolute atomic E-state index is 5.86. The summed E-state index contributed by atoms with van der Waals surface area (Å²) in [6, 6.07) is 2.78. The van der Waals surface area contributed by atoms with Crippen LogP contribution >= 0.6 is 11.3 Å². The van der Waals surface area contributed by atoms with E-state index in [1.807, 2.05) is 6.92 Å². The largest absolute Gasteiger partial charge is 0.440 e. The van der Waals surface area contributed by atoms with Gasteiger partial charge in [0.25, 0.3) is 0 Å². The Kier molecular flexibility index (Phi) is 3.46. The molecule has 1 aliphatic rings. The van der Waals surface area contributed by atoms with Crippen LogP contribution in [0.3, 0.4) is 0 Å². The van der Waals surface area contributed by atoms with Crippen LogP contribution in [0.25, 0.3) is 10.8 Å². The number of oxazole rings is 1. The lowest BCUT2D eigenvalue weighted by Crippen LogP contribution is -2.26. The highest BCUT2D eigenvalue weighted by atomic mass is 32.1. The molecule has 0 aromatic carbocycles. The summed E-state index contributed by atoms with van der Waals surface area (Å²) in [5, 5.41) is 2.09. The SMILES string of the molecule is Cc1ccsc1-c1nc(CN2CCC[C@@H]2C)c(C)o1. The van der Waals surface area contributed by atoms with E-state index in [0.29, 0.717) is 6.04 Å². The predicted molar refractivity (Wildman–Crippen MR) is 78.4 cm³/mol. The van der Waals surface area contributed by atoms with E-state index in [1.54, 1.807) is 11.3 Å². The van der Waals surface area contributed by atoms with Crippen molar-refractivity contribution in [1.29, 1.82) is 0 Å². The molecule has 0 spiro atoms. The van der Waals surface area contributed by atoms with Crippen molar-refractivity contribution < 1.29 is 4.42 Å². The third-order valence-electron chi connectivity index (χ3n) is 3.99. The first-order valence-electron chi connectivity index (χ1n) is 6.90. The molecule has 1 atom stereocenters. The molecule has 0 N–H and O–H groups in total. The second-order valence-electron chi connectivity index (χ2n) is 5.42. The Morgan fingerprint density at radius 2 is 2.32 bits per heavy atom. The molecule has 0 bridgehead atoms. The fourth-order valence-electron chi connectivity index (χ4n) is 2.68. The minimum atomic E-state index is 0.669. The first-order valence-corrected chi connectivity index (χ1v) is 7.78. The van der Waals surface area contributed by atoms with Crippen molar-refractivity contribution in [3.63, 3.8) is 0 Å². The zero-order chi connectivity index (χ0) is 13.4. The average Bonchev–Trinajstić information content (AvgIpc) is 3.04. The van der Waals surface area contributed by atoms with Gasteiger partial charge in [0.15, 0.2) is 0 Å². The molecule has 0 amide bonds. The smallest absolute Gasteiger partial charge is 0.237 e. The summed E-state index contributed by atoms with van der Waals surface area (Å²) in [6.45, 7) is 8.53. The number of nitrogens with zero attached hydrogens (tertiary/aromatic N) is 2. The van der Waals surface area contributed by atoms with Crippen LogP contribution in [0.15, 0.2) is 15.9 Å². The van der Waals surface area contributed by atoms with E-state index in [-0.39, 0.29) is 0 Å². The standard InChI is InChI=1S/C15H20N2OS/c1-10-6-8-19-14(10)15-16-13(12(3)18-15)9-17-7-4-5-11(17)2/h6,8,11H,4-5,7,9H2,1-3H3/t11-/m0/s1. The molecule has 1 fully saturated rings. The van der Waals surface area contributed by atoms with Crippen molar-refractivity contribution >= 4 is 11.3 Å². The monoisotopic (exact) mass is 276 g/mol. The van der Waals surface area contributed by atoms with Gasteiger partial charge in [0.2, 0.25) is 5.89 Å². The summed E-state index contributed by atoms with van der Waals surface area (Å²) in [5.74, 6) is 1.74. The third-order valence-corrected chi connectivity index (χ3v) is 5.00. The molecule has 3 heterocycles. The van der Waals surface area contributed by atoms with Gasteiger partial charge in [0, 0.05) is 12.6 Å². The van der Waals surface area contributed by atoms with Crippen LogP contribution in [0.1, 0.15) is 36.8 Å². The van der Waals surface area contributed by atoms with Crippen LogP contribution in [-0.4, -0.2) is 22.5 Å². The number of hydrogen-bond acceptors (Lipinski definition) is 4. The fourth-order valence-corrected chi connectivity index (χ4v) is 3.53. The Labute approximate surface area is 118 Å². The molecule has 2 aromatic heterocycles. The molecule has 0 unspecified atom stereocenters. The van der Waals surface area contributed by atoms with Gasteiger partial charge in [-0.05, 0) is 57.2 Å². The van der Waals surface area contributed by atoms with Crippen molar-refractivity contribution in [3.05, 3.63) is 28.5 Å². The lowest BCUT2D eigenvalue weighted by atomic mass is 10.2. The van der Waals surface area contributed by atoms with Gasteiger partial charge in [0.1, 0.15) is 5.76 Å². The van der Waals surface area contributed by atoms with Crippen LogP contribution in [0.5, 0.6) is 0 Å². The molecule has 3 nitrogen and oxygen atoms in total. The van der Waals surface area contributed by atoms with Crippen molar-refractivity contribution in [1.82, 2.24) is 9.88 Å². The summed E-state index contributed by atoms with van der Waals surface area (Å²) >= 11 is 1.70. The average molecular weight is 276 g/mol. The third kappa shape index (κ3) is 2.47. The van der Waals surface area contributed by atoms with Crippen molar-refractivity contribution in [2.75, 3.05) is 6.54 Å². The topological polar surface area (TPSA) is 29.3 Å². The Balaban J connectivity index is 1.84. The zero-order valence-corrected chi connectivity index (χ0v) is 12.6. The number of thiophene rings is 1. The normalized spacial score (nSPS) is 20.3. The highest BCUT2D eigenvalue weighted by Gasteiger charge is 2.23. The van der Waals surface area contributed by atoms with Gasteiger partial charge >= 0.3 is 0 Å². The number of likely N-dealkylation sites (tertiary alicyclic amines) is 1. The Hall–Kier alpha value is -1.13. The number of hydrogen-bond donors (Lipinski definition) is 0. The molecule has 4 heteroatoms. The van der Waals surface area contributed by atoms with E-state index in [1.165, 1.54) is 24.9 Å². The van der Waals surface area contributed by atoms with E-state index < -0.39 is 0 Å². The van der Waals surface area contributed by atoms with E-state index >= 15 is 0 Å². The second-order valence-corrected chi connectivity index (χ2v) is 6.33. The van der Waals surface area contributed by atoms with Gasteiger partial charge in [-0.3, -0.25) is 4.90 Å². The summed E-state index contributed by atoms with van der Waals surface area (Å²) in [7, 11) is 0. The Morgan fingerprint density at radius 3 is 2.95 bits per heavy atom. The fraction of sp³-hybridized carbons (Fsp3) is 0.533. The van der Waals surface area contributed by atoms with Gasteiger partial charge in [-0.15, -0.1) is 11.3 Å². The Bertz CT molecular complexity index is 572. The molecule has 0 saturated carbocycles. The molecule has 1 aliphatic heterocycles. The maximum Gasteiger partial charge on any atom is 0.237 e. The van der Waals surface area contributed by atoms with Crippen molar-refractivity contribution in [2.45, 2.75) is 46.2 Å². The van der Waals surface area contributed by atoms with E-state index in [0.717, 1.165) is 28.8 Å². The molecule has 3 rings (SSSR count). The molecular formula is C15H20N2OS. The quantitative estimate of drug-likeness (QED) is 0.848. The lowest BCUT2D eigenvalue weighted by Gasteiger charge is -2.19. The van der Waals surface area contributed by atoms with Crippen molar-refractivity contribution in [3.8, 4) is 10.8 Å². The molecule has 1 saturated heterocycles. The molecule has 0 aliphatic carbocycles. The highest BCUT2D eigenvalue weighted by Crippen LogP contribution is 2.30. The van der Waals surface area contributed by atoms with E-state index in [2.05, 4.69) is 30.2 Å². The molecule has 0 radical (unpaired) electrons. The molecule has 2 aromatic rings. The minimum absolute atomic E-state index is 0.669. The van der Waals surface area contributed by atoms with Crippen LogP contribution in [0, 0.1) is 13.8 Å². The zero-order valence-electron chi connectivity index (χ0n) is 11.8. The van der Waals surface area contributed by atoms with Crippen LogP contribution < -0.4 is 0 Å². The van der Waals surface area contributed by atoms with Crippen LogP contribution in [-0.2, 0) is 6.54 Å². The van der Waals surface area contributed by atoms with Gasteiger partial charge in [-0.1, -0.05) is 0 Å². The minimum Gasteiger partial charge on any atom is -0.440 e. The van der Waals surface area contributed by atoms with Crippen molar-refractivity contribution in [2.24, 2.45) is 0 Å². The van der Waals surface area contributed by atoms with E-state index in [9.17, 15) is 0 Å². The second kappa shape index (κ2) is 5.10. The predicted octanol–water partition coefficient (Wildman–Crippen LogP) is 4.00. The first kappa shape index (κ1) is 12.9. The first-order chi connectivity index (χ1) is 9.15. The lowest BCUT2D eigenvalue weighted by molar-refractivity contribution is 0.256. The summed E-state index contributed by atoms with van der Waals surface area (Å²) in [4.78, 5) is 8.37. The molecule has 19 heavy (non-hydrogen) atoms. The van der Waals surface area contributed by atoms with Gasteiger partial charge in [-0.25, -0.2) is 4.98 Å². The van der Waals surface area contributed by atoms with Crippen LogP contribution in [0.4, 0.5) is 0 Å². The molecular weight excluding hydrogens is 256 g/mol. The number of rotatable bonds is 3. The van der Waals surface area contributed by atoms with Gasteiger partial charge < -0.3 is 4.42 Å². The number of aromatic nitrogens is 1. The van der Waals surface area contributed by atoms with E-state index in [4.69, 9.17) is 9.40 Å². The molecule has 102 valence electrons. The van der Waals surface area contributed by atoms with Crippen LogP contribution in [0.2, 0.25) is 0 Å². The summed E-state index contributed by atoms with van der Waals surface area (Å²) in [6.07, 6.45) is 2.60. The maximum atomic E-state index is 5.86. The number of aryl methyl sites for hydroxylation is 2. The van der Waals surface area contributed by atoms with Gasteiger partial charge in [-0.2, -0.15) is 0 Å². The summed E-state index contributed by atoms with van der Waals surface area (Å²) < 4.78 is 5.86.